The minimum atomic E-state index is -0.233. The third kappa shape index (κ3) is 4.46. The highest BCUT2D eigenvalue weighted by atomic mass is 16.5. The number of rotatable bonds is 5. The molecule has 1 aliphatic carbocycles. The van der Waals surface area contributed by atoms with Crippen molar-refractivity contribution < 1.29 is 19.1 Å². The Morgan fingerprint density at radius 2 is 2.03 bits per heavy atom. The zero-order valence-corrected chi connectivity index (χ0v) is 19.1. The van der Waals surface area contributed by atoms with Crippen LogP contribution in [0.5, 0.6) is 0 Å². The number of anilines is 1. The van der Waals surface area contributed by atoms with Gasteiger partial charge in [0.05, 0.1) is 23.1 Å². The summed E-state index contributed by atoms with van der Waals surface area (Å²) in [6.07, 6.45) is 6.82. The van der Waals surface area contributed by atoms with Gasteiger partial charge in [-0.25, -0.2) is 4.98 Å². The second-order valence-electron chi connectivity index (χ2n) is 9.40. The van der Waals surface area contributed by atoms with E-state index in [1.807, 2.05) is 17.7 Å². The second kappa shape index (κ2) is 9.13. The molecule has 1 atom stereocenters. The van der Waals surface area contributed by atoms with Crippen LogP contribution in [0.15, 0.2) is 12.1 Å². The number of aryl methyl sites for hydroxylation is 1. The van der Waals surface area contributed by atoms with Crippen LogP contribution in [0.3, 0.4) is 0 Å². The van der Waals surface area contributed by atoms with Gasteiger partial charge in [-0.3, -0.25) is 14.4 Å². The zero-order chi connectivity index (χ0) is 22.9. The van der Waals surface area contributed by atoms with Crippen molar-refractivity contribution in [1.82, 2.24) is 19.8 Å². The number of hydrogen-bond donors (Lipinski definition) is 2. The maximum absolute atomic E-state index is 13.5. The Kier molecular flexibility index (Phi) is 6.05. The molecule has 1 aromatic carbocycles. The summed E-state index contributed by atoms with van der Waals surface area (Å²) in [4.78, 5) is 44.5. The molecule has 3 fully saturated rings. The van der Waals surface area contributed by atoms with Crippen LogP contribution in [-0.2, 0) is 21.4 Å². The number of carbonyl (C=O) groups excluding carboxylic acids is 3. The van der Waals surface area contributed by atoms with Gasteiger partial charge in [-0.05, 0) is 43.7 Å². The van der Waals surface area contributed by atoms with E-state index in [4.69, 9.17) is 9.72 Å². The number of carbonyl (C=O) groups is 3. The molecular weight excluding hydrogens is 422 g/mol. The van der Waals surface area contributed by atoms with E-state index < -0.39 is 0 Å². The number of ether oxygens (including phenoxy) is 1. The Bertz CT molecular complexity index is 1080. The monoisotopic (exact) mass is 453 g/mol. The van der Waals surface area contributed by atoms with Crippen molar-refractivity contribution >= 4 is 34.4 Å². The van der Waals surface area contributed by atoms with Crippen LogP contribution in [0.25, 0.3) is 11.0 Å². The molecule has 33 heavy (non-hydrogen) atoms. The minimum Gasteiger partial charge on any atom is -0.370 e. The average Bonchev–Trinajstić information content (AvgIpc) is 3.55. The summed E-state index contributed by atoms with van der Waals surface area (Å²) < 4.78 is 7.77. The molecule has 0 spiro atoms. The highest BCUT2D eigenvalue weighted by Crippen LogP contribution is 2.33. The van der Waals surface area contributed by atoms with Crippen molar-refractivity contribution in [3.63, 3.8) is 0 Å². The third-order valence-corrected chi connectivity index (χ3v) is 7.01. The topological polar surface area (TPSA) is 106 Å². The Morgan fingerprint density at radius 1 is 1.21 bits per heavy atom. The number of benzene rings is 1. The van der Waals surface area contributed by atoms with E-state index >= 15 is 0 Å². The van der Waals surface area contributed by atoms with E-state index in [9.17, 15) is 14.4 Å². The number of fused-ring (bicyclic) bond motifs is 1. The van der Waals surface area contributed by atoms with Gasteiger partial charge >= 0.3 is 0 Å². The largest absolute Gasteiger partial charge is 0.370 e. The van der Waals surface area contributed by atoms with Gasteiger partial charge < -0.3 is 24.8 Å². The van der Waals surface area contributed by atoms with Crippen molar-refractivity contribution in [2.75, 3.05) is 31.6 Å². The summed E-state index contributed by atoms with van der Waals surface area (Å²) in [6, 6.07) is 3.56. The number of imidazole rings is 1. The molecule has 2 N–H and O–H groups in total. The SMILES string of the molecule is Cn1c(C2CCCO2)nc2cc(NC(=O)CC3CCCC3)cc(C(=O)N3CCNC(=O)C3)c21. The number of aromatic nitrogens is 2. The minimum absolute atomic E-state index is 0.0229. The second-order valence-corrected chi connectivity index (χ2v) is 9.40. The lowest BCUT2D eigenvalue weighted by Crippen LogP contribution is -2.50. The van der Waals surface area contributed by atoms with Crippen molar-refractivity contribution in [2.24, 2.45) is 13.0 Å². The van der Waals surface area contributed by atoms with E-state index in [1.165, 1.54) is 12.8 Å². The molecule has 1 aromatic heterocycles. The highest BCUT2D eigenvalue weighted by molar-refractivity contribution is 6.08. The first kappa shape index (κ1) is 21.9. The molecule has 9 nitrogen and oxygen atoms in total. The van der Waals surface area contributed by atoms with Crippen LogP contribution < -0.4 is 10.6 Å². The van der Waals surface area contributed by atoms with Gasteiger partial charge in [0.15, 0.2) is 0 Å². The van der Waals surface area contributed by atoms with Crippen LogP contribution >= 0.6 is 0 Å². The molecule has 2 aromatic rings. The molecule has 3 amide bonds. The normalized spacial score (nSPS) is 21.5. The first-order valence-corrected chi connectivity index (χ1v) is 12.0. The molecule has 3 aliphatic rings. The van der Waals surface area contributed by atoms with E-state index in [2.05, 4.69) is 10.6 Å². The fraction of sp³-hybridized carbons (Fsp3) is 0.583. The molecule has 1 saturated carbocycles. The first-order chi connectivity index (χ1) is 16.0. The van der Waals surface area contributed by atoms with E-state index in [-0.39, 0.29) is 30.4 Å². The molecule has 2 aliphatic heterocycles. The number of amides is 3. The summed E-state index contributed by atoms with van der Waals surface area (Å²) in [5.74, 6) is 0.776. The highest BCUT2D eigenvalue weighted by Gasteiger charge is 2.29. The van der Waals surface area contributed by atoms with Crippen molar-refractivity contribution in [1.29, 1.82) is 0 Å². The van der Waals surface area contributed by atoms with Gasteiger partial charge in [0.1, 0.15) is 11.9 Å². The molecule has 3 heterocycles. The number of piperazine rings is 1. The van der Waals surface area contributed by atoms with Crippen molar-refractivity contribution in [2.45, 2.75) is 51.0 Å². The molecule has 176 valence electrons. The predicted octanol–water partition coefficient (Wildman–Crippen LogP) is 2.52. The van der Waals surface area contributed by atoms with Crippen LogP contribution in [0.2, 0.25) is 0 Å². The zero-order valence-electron chi connectivity index (χ0n) is 19.1. The van der Waals surface area contributed by atoms with E-state index in [1.54, 1.807) is 11.0 Å². The van der Waals surface area contributed by atoms with Crippen molar-refractivity contribution in [3.05, 3.63) is 23.5 Å². The van der Waals surface area contributed by atoms with E-state index in [0.29, 0.717) is 54.3 Å². The van der Waals surface area contributed by atoms with Gasteiger partial charge in [-0.15, -0.1) is 0 Å². The van der Waals surface area contributed by atoms with Gasteiger partial charge in [-0.1, -0.05) is 12.8 Å². The summed E-state index contributed by atoms with van der Waals surface area (Å²) in [5.41, 5.74) is 2.35. The molecule has 0 radical (unpaired) electrons. The third-order valence-electron chi connectivity index (χ3n) is 7.01. The molecule has 0 bridgehead atoms. The van der Waals surface area contributed by atoms with Gasteiger partial charge in [-0.2, -0.15) is 0 Å². The van der Waals surface area contributed by atoms with Gasteiger partial charge in [0, 0.05) is 38.9 Å². The van der Waals surface area contributed by atoms with Crippen LogP contribution in [0, 0.1) is 5.92 Å². The summed E-state index contributed by atoms with van der Waals surface area (Å²) >= 11 is 0. The quantitative estimate of drug-likeness (QED) is 0.724. The summed E-state index contributed by atoms with van der Waals surface area (Å²) in [7, 11) is 1.89. The van der Waals surface area contributed by atoms with Crippen molar-refractivity contribution in [3.8, 4) is 0 Å². The Labute approximate surface area is 192 Å². The summed E-state index contributed by atoms with van der Waals surface area (Å²) in [5, 5.41) is 5.75. The van der Waals surface area contributed by atoms with Crippen LogP contribution in [-0.4, -0.2) is 58.4 Å². The fourth-order valence-corrected chi connectivity index (χ4v) is 5.35. The summed E-state index contributed by atoms with van der Waals surface area (Å²) in [6.45, 7) is 1.60. The maximum atomic E-state index is 13.5. The lowest BCUT2D eigenvalue weighted by Gasteiger charge is -2.27. The fourth-order valence-electron chi connectivity index (χ4n) is 5.35. The molecule has 5 rings (SSSR count). The van der Waals surface area contributed by atoms with Gasteiger partial charge in [0.2, 0.25) is 11.8 Å². The molecular formula is C24H31N5O4. The van der Waals surface area contributed by atoms with Crippen LogP contribution in [0.1, 0.15) is 67.2 Å². The Morgan fingerprint density at radius 3 is 2.76 bits per heavy atom. The Balaban J connectivity index is 1.50. The molecule has 2 saturated heterocycles. The van der Waals surface area contributed by atoms with Crippen LogP contribution in [0.4, 0.5) is 5.69 Å². The average molecular weight is 454 g/mol. The lowest BCUT2D eigenvalue weighted by molar-refractivity contribution is -0.123. The predicted molar refractivity (Wildman–Crippen MR) is 123 cm³/mol. The standard InChI is InChI=1S/C24H31N5O4/c1-28-22-17(24(32)29-9-8-25-21(31)14-29)12-16(26-20(30)11-15-5-2-3-6-15)13-18(22)27-23(28)19-7-4-10-33-19/h12-13,15,19H,2-11,14H2,1H3,(H,25,31)(H,26,30). The molecule has 9 heteroatoms. The Hall–Kier alpha value is -2.94. The molecule has 1 unspecified atom stereocenters. The maximum Gasteiger partial charge on any atom is 0.256 e. The number of nitrogens with one attached hydrogen (secondary N) is 2. The first-order valence-electron chi connectivity index (χ1n) is 12.0. The smallest absolute Gasteiger partial charge is 0.256 e. The van der Waals surface area contributed by atoms with E-state index in [0.717, 1.165) is 31.5 Å². The lowest BCUT2D eigenvalue weighted by atomic mass is 10.0. The number of nitrogens with zero attached hydrogens (tertiary/aromatic N) is 3. The number of hydrogen-bond acceptors (Lipinski definition) is 5. The van der Waals surface area contributed by atoms with Gasteiger partial charge in [0.25, 0.3) is 5.91 Å².